The van der Waals surface area contributed by atoms with Crippen molar-refractivity contribution < 1.29 is 34.7 Å². The van der Waals surface area contributed by atoms with Gasteiger partial charge >= 0.3 is 0 Å². The van der Waals surface area contributed by atoms with Crippen molar-refractivity contribution >= 4 is 26.6 Å². The molecular weight excluding hydrogens is 608 g/mol. The quantitative estimate of drug-likeness (QED) is 0.132. The van der Waals surface area contributed by atoms with Crippen LogP contribution in [0.25, 0.3) is 10.8 Å². The fourth-order valence-electron chi connectivity index (χ4n) is 5.63. The van der Waals surface area contributed by atoms with Crippen LogP contribution in [-0.4, -0.2) is 56.7 Å². The zero-order valence-corrected chi connectivity index (χ0v) is 28.1. The number of likely N-dealkylation sites (N-methyl/N-ethyl adjacent to an activating group) is 1. The van der Waals surface area contributed by atoms with Crippen LogP contribution in [0.2, 0.25) is 0 Å². The summed E-state index contributed by atoms with van der Waals surface area (Å²) in [6.45, 7) is 10.0. The van der Waals surface area contributed by atoms with Gasteiger partial charge in [-0.25, -0.2) is 8.42 Å². The maximum Gasteiger partial charge on any atom is 0.243 e. The number of fused-ring (bicyclic) bond motifs is 1. The zero-order valence-electron chi connectivity index (χ0n) is 25.7. The van der Waals surface area contributed by atoms with Gasteiger partial charge in [0.25, 0.3) is 0 Å². The van der Waals surface area contributed by atoms with Gasteiger partial charge in [-0.3, -0.25) is 4.79 Å². The molecule has 0 aromatic heterocycles. The van der Waals surface area contributed by atoms with Gasteiger partial charge < -0.3 is 21.5 Å². The molecule has 0 aliphatic heterocycles. The van der Waals surface area contributed by atoms with Gasteiger partial charge in [0.05, 0.1) is 25.5 Å². The number of sulfonamides is 1. The number of benzene rings is 4. The van der Waals surface area contributed by atoms with Crippen LogP contribution in [-0.2, 0) is 16.6 Å². The van der Waals surface area contributed by atoms with E-state index in [1.807, 2.05) is 76.2 Å². The van der Waals surface area contributed by atoms with E-state index >= 15 is 0 Å². The second-order valence-electron chi connectivity index (χ2n) is 12.1. The van der Waals surface area contributed by atoms with E-state index in [1.165, 1.54) is 0 Å². The summed E-state index contributed by atoms with van der Waals surface area (Å²) in [6.07, 6.45) is 1.51. The molecule has 0 bridgehead atoms. The van der Waals surface area contributed by atoms with Crippen LogP contribution in [0.5, 0.6) is 0 Å². The molecule has 7 heteroatoms. The molecule has 0 heterocycles. The Labute approximate surface area is 262 Å². The number of hydrogen-bond donors (Lipinski definition) is 0. The molecule has 0 unspecified atom stereocenters. The predicted molar refractivity (Wildman–Crippen MR) is 169 cm³/mol. The third-order valence-corrected chi connectivity index (χ3v) is 9.52. The van der Waals surface area contributed by atoms with Gasteiger partial charge in [0, 0.05) is 18.7 Å². The number of rotatable bonds is 12. The van der Waals surface area contributed by atoms with E-state index in [2.05, 4.69) is 32.3 Å². The first-order chi connectivity index (χ1) is 19.3. The summed E-state index contributed by atoms with van der Waals surface area (Å²) in [7, 11) is 0.418. The second-order valence-corrected chi connectivity index (χ2v) is 14.0. The van der Waals surface area contributed by atoms with Gasteiger partial charge in [0.2, 0.25) is 15.8 Å². The van der Waals surface area contributed by atoms with Crippen molar-refractivity contribution in [3.05, 3.63) is 112 Å². The first-order valence-electron chi connectivity index (χ1n) is 14.3. The molecule has 4 rings (SSSR count). The van der Waals surface area contributed by atoms with Crippen LogP contribution >= 0.6 is 0 Å². The fraction of sp³-hybridized carbons (Fsp3) is 0.343. The minimum Gasteiger partial charge on any atom is -1.00 e. The third-order valence-electron chi connectivity index (χ3n) is 7.67. The van der Waals surface area contributed by atoms with Crippen LogP contribution in [0.1, 0.15) is 51.0 Å². The van der Waals surface area contributed by atoms with Crippen LogP contribution < -0.4 is 17.0 Å². The lowest BCUT2D eigenvalue weighted by atomic mass is 10.0. The lowest BCUT2D eigenvalue weighted by Crippen LogP contribution is -3.00. The van der Waals surface area contributed by atoms with E-state index in [4.69, 9.17) is 0 Å². The Kier molecular flexibility index (Phi) is 11.3. The lowest BCUT2D eigenvalue weighted by Gasteiger charge is -2.30. The minimum absolute atomic E-state index is 0. The molecule has 5 nitrogen and oxygen atoms in total. The third kappa shape index (κ3) is 8.60. The number of carbonyl (C=O) groups is 1. The van der Waals surface area contributed by atoms with E-state index in [0.29, 0.717) is 35.4 Å². The maximum absolute atomic E-state index is 14.0. The van der Waals surface area contributed by atoms with Gasteiger partial charge in [-0.15, -0.1) is 0 Å². The zero-order chi connectivity index (χ0) is 29.8. The van der Waals surface area contributed by atoms with E-state index in [0.717, 1.165) is 57.1 Å². The molecule has 0 amide bonds. The summed E-state index contributed by atoms with van der Waals surface area (Å²) >= 11 is 0. The molecule has 0 N–H and O–H groups in total. The molecular formula is C35H43BrN2O3S. The van der Waals surface area contributed by atoms with Crippen molar-refractivity contribution in [3.8, 4) is 0 Å². The molecule has 0 atom stereocenters. The van der Waals surface area contributed by atoms with Gasteiger partial charge in [-0.1, -0.05) is 83.4 Å². The van der Waals surface area contributed by atoms with Crippen LogP contribution in [0.15, 0.2) is 83.8 Å². The summed E-state index contributed by atoms with van der Waals surface area (Å²) < 4.78 is 30.1. The largest absolute Gasteiger partial charge is 1.00 e. The van der Waals surface area contributed by atoms with Crippen LogP contribution in [0.3, 0.4) is 0 Å². The highest BCUT2D eigenvalue weighted by Crippen LogP contribution is 2.25. The number of Topliss-reactive ketones (excluding diaryl/α,β-unsaturated/α-hetero) is 1. The minimum atomic E-state index is -3.72. The molecule has 4 aromatic carbocycles. The van der Waals surface area contributed by atoms with Crippen molar-refractivity contribution in [3.63, 3.8) is 0 Å². The van der Waals surface area contributed by atoms with Crippen molar-refractivity contribution in [2.75, 3.05) is 33.7 Å². The SMILES string of the molecule is Cc1cc(C)cc(CN(CCCC[N+](C)(C)CC(=O)c2ccc(C)cc2C)S(=O)(=O)c2ccc3ccccc3c2)c1.[Br-]. The highest BCUT2D eigenvalue weighted by atomic mass is 79.9. The topological polar surface area (TPSA) is 54.5 Å². The van der Waals surface area contributed by atoms with Crippen molar-refractivity contribution in [1.82, 2.24) is 4.31 Å². The summed E-state index contributed by atoms with van der Waals surface area (Å²) in [6, 6.07) is 25.4. The van der Waals surface area contributed by atoms with Crippen molar-refractivity contribution in [1.29, 1.82) is 0 Å². The molecule has 0 aliphatic rings. The molecule has 42 heavy (non-hydrogen) atoms. The van der Waals surface area contributed by atoms with E-state index in [-0.39, 0.29) is 22.8 Å². The number of quaternary nitrogens is 1. The average molecular weight is 652 g/mol. The van der Waals surface area contributed by atoms with E-state index in [1.54, 1.807) is 16.4 Å². The Bertz CT molecular complexity index is 1640. The Morgan fingerprint density at radius 2 is 1.43 bits per heavy atom. The summed E-state index contributed by atoms with van der Waals surface area (Å²) in [4.78, 5) is 13.4. The van der Waals surface area contributed by atoms with Crippen LogP contribution in [0, 0.1) is 27.7 Å². The first-order valence-corrected chi connectivity index (χ1v) is 15.8. The number of aryl methyl sites for hydroxylation is 4. The highest BCUT2D eigenvalue weighted by Gasteiger charge is 2.26. The summed E-state index contributed by atoms with van der Waals surface area (Å²) in [5.74, 6) is 0.142. The molecule has 0 spiro atoms. The normalized spacial score (nSPS) is 12.0. The highest BCUT2D eigenvalue weighted by molar-refractivity contribution is 7.89. The maximum atomic E-state index is 14.0. The Hall–Kier alpha value is -2.84. The molecule has 0 fully saturated rings. The Balaban J connectivity index is 0.00000484. The van der Waals surface area contributed by atoms with E-state index in [9.17, 15) is 13.2 Å². The number of nitrogens with zero attached hydrogens (tertiary/aromatic N) is 2. The molecule has 0 radical (unpaired) electrons. The summed E-state index contributed by atoms with van der Waals surface area (Å²) in [5.41, 5.74) is 6.17. The first kappa shape index (κ1) is 33.7. The molecule has 0 aliphatic carbocycles. The standard InChI is InChI=1S/C35H43N2O3S.BrH/c1-26-13-16-34(29(4)20-26)35(38)25-37(5,6)18-10-9-17-36(24-30-21-27(2)19-28(3)22-30)41(39,40)33-15-14-31-11-7-8-12-32(31)23-33;/h7-8,11-16,19-23H,9-10,17-18,24-25H2,1-6H3;1H/q+1;/p-1. The lowest BCUT2D eigenvalue weighted by molar-refractivity contribution is -0.882. The number of hydrogen-bond acceptors (Lipinski definition) is 3. The molecule has 0 saturated carbocycles. The second kappa shape index (κ2) is 14.1. The fourth-order valence-corrected chi connectivity index (χ4v) is 7.14. The van der Waals surface area contributed by atoms with E-state index < -0.39 is 10.0 Å². The van der Waals surface area contributed by atoms with Gasteiger partial charge in [-0.05, 0) is 74.6 Å². The van der Waals surface area contributed by atoms with Crippen molar-refractivity contribution in [2.45, 2.75) is 52.0 Å². The smallest absolute Gasteiger partial charge is 0.243 e. The average Bonchev–Trinajstić information content (AvgIpc) is 2.89. The van der Waals surface area contributed by atoms with Gasteiger partial charge in [0.15, 0.2) is 0 Å². The molecule has 0 saturated heterocycles. The van der Waals surface area contributed by atoms with Gasteiger partial charge in [0.1, 0.15) is 6.54 Å². The number of unbranched alkanes of at least 4 members (excludes halogenated alkanes) is 1. The van der Waals surface area contributed by atoms with Crippen molar-refractivity contribution in [2.24, 2.45) is 0 Å². The molecule has 224 valence electrons. The Morgan fingerprint density at radius 1 is 0.762 bits per heavy atom. The number of ketones is 1. The molecule has 4 aromatic rings. The van der Waals surface area contributed by atoms with Gasteiger partial charge in [-0.2, -0.15) is 4.31 Å². The summed E-state index contributed by atoms with van der Waals surface area (Å²) in [5, 5.41) is 1.93. The Morgan fingerprint density at radius 3 is 2.10 bits per heavy atom. The van der Waals surface area contributed by atoms with Crippen LogP contribution in [0.4, 0.5) is 0 Å². The monoisotopic (exact) mass is 650 g/mol. The number of halogens is 1. The number of carbonyl (C=O) groups excluding carboxylic acids is 1. The predicted octanol–water partition coefficient (Wildman–Crippen LogP) is 4.01.